The van der Waals surface area contributed by atoms with Gasteiger partial charge in [0.2, 0.25) is 0 Å². The van der Waals surface area contributed by atoms with Crippen LogP contribution in [0.2, 0.25) is 0 Å². The van der Waals surface area contributed by atoms with Crippen molar-refractivity contribution < 1.29 is 13.7 Å². The zero-order valence-corrected chi connectivity index (χ0v) is 10.0. The van der Waals surface area contributed by atoms with Crippen molar-refractivity contribution in [2.45, 2.75) is 19.4 Å². The quantitative estimate of drug-likeness (QED) is 0.634. The first-order valence-corrected chi connectivity index (χ1v) is 5.75. The molecule has 2 aromatic heterocycles. The molecule has 0 aliphatic heterocycles. The third kappa shape index (κ3) is 2.67. The van der Waals surface area contributed by atoms with E-state index in [4.69, 9.17) is 0 Å². The molecule has 0 bridgehead atoms. The van der Waals surface area contributed by atoms with Gasteiger partial charge in [-0.25, -0.2) is 4.98 Å². The van der Waals surface area contributed by atoms with E-state index in [2.05, 4.69) is 10.1 Å². The molecule has 0 spiro atoms. The summed E-state index contributed by atoms with van der Waals surface area (Å²) >= 11 is 1.07. The Labute approximate surface area is 104 Å². The number of aromatic nitrogens is 3. The third-order valence-electron chi connectivity index (χ3n) is 2.11. The van der Waals surface area contributed by atoms with E-state index in [-0.39, 0.29) is 18.1 Å². The predicted molar refractivity (Wildman–Crippen MR) is 59.7 cm³/mol. The Morgan fingerprint density at radius 1 is 1.61 bits per heavy atom. The van der Waals surface area contributed by atoms with E-state index in [1.165, 1.54) is 22.3 Å². The van der Waals surface area contributed by atoms with E-state index in [0.29, 0.717) is 5.01 Å². The normalized spacial score (nSPS) is 11.7. The van der Waals surface area contributed by atoms with Gasteiger partial charge < -0.3 is 10.1 Å². The molecule has 2 aromatic rings. The standard InChI is InChI=1S/C9H8F2N4O2S/c1-9(10,11)6-5-18-8(12-6)4-14-3-2-7(13-14)15(16)17/h2-3,5H,4H2,1H3. The smallest absolute Gasteiger partial charge is 0.358 e. The lowest BCUT2D eigenvalue weighted by Gasteiger charge is -2.04. The van der Waals surface area contributed by atoms with Crippen LogP contribution in [0.4, 0.5) is 14.6 Å². The highest BCUT2D eigenvalue weighted by atomic mass is 32.1. The Morgan fingerprint density at radius 3 is 2.83 bits per heavy atom. The highest BCUT2D eigenvalue weighted by molar-refractivity contribution is 7.09. The van der Waals surface area contributed by atoms with Gasteiger partial charge in [-0.1, -0.05) is 0 Å². The Hall–Kier alpha value is -1.90. The summed E-state index contributed by atoms with van der Waals surface area (Å²) in [5.41, 5.74) is -0.302. The maximum absolute atomic E-state index is 12.9. The Kier molecular flexibility index (Phi) is 3.07. The summed E-state index contributed by atoms with van der Waals surface area (Å²) in [7, 11) is 0. The van der Waals surface area contributed by atoms with Crippen LogP contribution in [0, 0.1) is 10.1 Å². The number of hydrogen-bond acceptors (Lipinski definition) is 5. The first-order valence-electron chi connectivity index (χ1n) is 4.87. The van der Waals surface area contributed by atoms with E-state index >= 15 is 0 Å². The van der Waals surface area contributed by atoms with Crippen molar-refractivity contribution in [1.29, 1.82) is 0 Å². The second-order valence-corrected chi connectivity index (χ2v) is 4.59. The molecule has 0 saturated carbocycles. The van der Waals surface area contributed by atoms with E-state index in [1.54, 1.807) is 0 Å². The molecule has 0 N–H and O–H groups in total. The second kappa shape index (κ2) is 4.41. The van der Waals surface area contributed by atoms with Gasteiger partial charge in [0.05, 0.1) is 17.4 Å². The summed E-state index contributed by atoms with van der Waals surface area (Å²) in [5.74, 6) is -3.27. The lowest BCUT2D eigenvalue weighted by molar-refractivity contribution is -0.389. The molecule has 6 nitrogen and oxygen atoms in total. The highest BCUT2D eigenvalue weighted by Gasteiger charge is 2.27. The molecule has 0 aliphatic carbocycles. The molecule has 0 radical (unpaired) electrons. The first kappa shape index (κ1) is 12.6. The van der Waals surface area contributed by atoms with Crippen molar-refractivity contribution in [2.24, 2.45) is 0 Å². The number of alkyl halides is 2. The molecular weight excluding hydrogens is 266 g/mol. The Bertz CT molecular complexity index is 575. The molecule has 0 fully saturated rings. The summed E-state index contributed by atoms with van der Waals surface area (Å²) in [6, 6.07) is 1.24. The monoisotopic (exact) mass is 274 g/mol. The average Bonchev–Trinajstić information content (AvgIpc) is 2.85. The molecule has 0 amide bonds. The van der Waals surface area contributed by atoms with Gasteiger partial charge in [0.25, 0.3) is 5.92 Å². The minimum Gasteiger partial charge on any atom is -0.358 e. The molecule has 0 atom stereocenters. The minimum absolute atomic E-state index is 0.134. The number of nitrogens with zero attached hydrogens (tertiary/aromatic N) is 4. The topological polar surface area (TPSA) is 73.8 Å². The van der Waals surface area contributed by atoms with E-state index in [1.807, 2.05) is 0 Å². The third-order valence-corrected chi connectivity index (χ3v) is 2.95. The average molecular weight is 274 g/mol. The van der Waals surface area contributed by atoms with Gasteiger partial charge in [0.15, 0.2) is 0 Å². The molecule has 2 heterocycles. The molecule has 0 aliphatic rings. The van der Waals surface area contributed by atoms with Gasteiger partial charge in [-0.3, -0.25) is 0 Å². The molecule has 0 unspecified atom stereocenters. The van der Waals surface area contributed by atoms with Crippen LogP contribution in [0.1, 0.15) is 17.6 Å². The predicted octanol–water partition coefficient (Wildman–Crippen LogP) is 2.41. The number of hydrogen-bond donors (Lipinski definition) is 0. The van der Waals surface area contributed by atoms with Crippen molar-refractivity contribution in [3.63, 3.8) is 0 Å². The van der Waals surface area contributed by atoms with Crippen LogP contribution in [-0.4, -0.2) is 19.7 Å². The van der Waals surface area contributed by atoms with E-state index < -0.39 is 10.8 Å². The number of halogens is 2. The highest BCUT2D eigenvalue weighted by Crippen LogP contribution is 2.28. The molecule has 9 heteroatoms. The van der Waals surface area contributed by atoms with Crippen molar-refractivity contribution in [1.82, 2.24) is 14.8 Å². The Balaban J connectivity index is 2.14. The van der Waals surface area contributed by atoms with Crippen molar-refractivity contribution in [2.75, 3.05) is 0 Å². The van der Waals surface area contributed by atoms with Crippen LogP contribution in [0.15, 0.2) is 17.6 Å². The van der Waals surface area contributed by atoms with Crippen LogP contribution in [0.5, 0.6) is 0 Å². The van der Waals surface area contributed by atoms with Crippen LogP contribution < -0.4 is 0 Å². The lowest BCUT2D eigenvalue weighted by Crippen LogP contribution is -2.08. The molecule has 0 saturated heterocycles. The fourth-order valence-corrected chi connectivity index (χ4v) is 2.13. The fraction of sp³-hybridized carbons (Fsp3) is 0.333. The maximum Gasteiger partial charge on any atom is 0.389 e. The first-order chi connectivity index (χ1) is 8.36. The van der Waals surface area contributed by atoms with Crippen LogP contribution in [0.3, 0.4) is 0 Å². The zero-order valence-electron chi connectivity index (χ0n) is 9.21. The maximum atomic E-state index is 12.9. The molecule has 18 heavy (non-hydrogen) atoms. The molecule has 96 valence electrons. The molecule has 0 aromatic carbocycles. The summed E-state index contributed by atoms with van der Waals surface area (Å²) in [6.07, 6.45) is 1.41. The second-order valence-electron chi connectivity index (χ2n) is 3.64. The van der Waals surface area contributed by atoms with Crippen LogP contribution in [0.25, 0.3) is 0 Å². The summed E-state index contributed by atoms with van der Waals surface area (Å²) in [4.78, 5) is 13.6. The number of thiazole rings is 1. The van der Waals surface area contributed by atoms with Crippen molar-refractivity contribution >= 4 is 17.2 Å². The van der Waals surface area contributed by atoms with Gasteiger partial charge in [-0.15, -0.1) is 11.3 Å². The van der Waals surface area contributed by atoms with E-state index in [9.17, 15) is 18.9 Å². The summed E-state index contributed by atoms with van der Waals surface area (Å²) < 4.78 is 27.2. The van der Waals surface area contributed by atoms with Gasteiger partial charge in [-0.05, 0) is 4.92 Å². The van der Waals surface area contributed by atoms with E-state index in [0.717, 1.165) is 18.3 Å². The van der Waals surface area contributed by atoms with Gasteiger partial charge in [0.1, 0.15) is 17.2 Å². The van der Waals surface area contributed by atoms with Crippen LogP contribution in [-0.2, 0) is 12.5 Å². The SMILES string of the molecule is CC(F)(F)c1csc(Cn2ccc([N+](=O)[O-])n2)n1. The number of rotatable bonds is 4. The van der Waals surface area contributed by atoms with Gasteiger partial charge in [-0.2, -0.15) is 13.5 Å². The fourth-order valence-electron chi connectivity index (χ4n) is 1.26. The lowest BCUT2D eigenvalue weighted by atomic mass is 10.3. The zero-order chi connectivity index (χ0) is 13.3. The van der Waals surface area contributed by atoms with Crippen molar-refractivity contribution in [3.05, 3.63) is 38.5 Å². The van der Waals surface area contributed by atoms with Crippen LogP contribution >= 0.6 is 11.3 Å². The largest absolute Gasteiger partial charge is 0.389 e. The van der Waals surface area contributed by atoms with Gasteiger partial charge >= 0.3 is 5.82 Å². The molecular formula is C9H8F2N4O2S. The van der Waals surface area contributed by atoms with Crippen molar-refractivity contribution in [3.8, 4) is 0 Å². The number of nitro groups is 1. The summed E-state index contributed by atoms with van der Waals surface area (Å²) in [6.45, 7) is 0.902. The summed E-state index contributed by atoms with van der Waals surface area (Å²) in [5, 5.41) is 15.8. The van der Waals surface area contributed by atoms with Gasteiger partial charge in [0, 0.05) is 12.3 Å². The Morgan fingerprint density at radius 2 is 2.33 bits per heavy atom. The minimum atomic E-state index is -2.98. The molecule has 2 rings (SSSR count).